The van der Waals surface area contributed by atoms with E-state index in [0.29, 0.717) is 0 Å². The van der Waals surface area contributed by atoms with E-state index in [1.165, 1.54) is 96.9 Å². The molecule has 0 saturated heterocycles. The number of hydrogen-bond acceptors (Lipinski definition) is 0. The van der Waals surface area contributed by atoms with Gasteiger partial charge in [-0.3, -0.25) is 6.08 Å². The molecule has 0 amide bonds. The molecule has 0 aromatic heterocycles. The van der Waals surface area contributed by atoms with Crippen molar-refractivity contribution in [2.45, 2.75) is 109 Å². The van der Waals surface area contributed by atoms with Crippen LogP contribution >= 0.6 is 0 Å². The fraction of sp³-hybridized carbons (Fsp3) is 0.321. The molecular weight excluding hydrogens is 728 g/mol. The minimum absolute atomic E-state index is 0.262. The van der Waals surface area contributed by atoms with Crippen molar-refractivity contribution in [3.05, 3.63) is 178 Å². The van der Waals surface area contributed by atoms with Gasteiger partial charge in [0.2, 0.25) is 0 Å². The van der Waals surface area contributed by atoms with Crippen molar-refractivity contribution in [2.24, 2.45) is 0 Å². The predicted molar refractivity (Wildman–Crippen MR) is 231 cm³/mol. The van der Waals surface area contributed by atoms with Gasteiger partial charge in [-0.2, -0.15) is 11.6 Å². The summed E-state index contributed by atoms with van der Waals surface area (Å²) in [7, 11) is 0. The predicted octanol–water partition coefficient (Wildman–Crippen LogP) is 14.0. The van der Waals surface area contributed by atoms with Crippen LogP contribution in [0.3, 0.4) is 0 Å². The Labute approximate surface area is 340 Å². The number of hydrogen-bond donors (Lipinski definition) is 0. The van der Waals surface area contributed by atoms with Crippen LogP contribution in [0.2, 0.25) is 0 Å². The fourth-order valence-corrected chi connectivity index (χ4v) is 9.56. The quantitative estimate of drug-likeness (QED) is 0.157. The van der Waals surface area contributed by atoms with Crippen molar-refractivity contribution in [1.29, 1.82) is 0 Å². The van der Waals surface area contributed by atoms with Gasteiger partial charge in [-0.1, -0.05) is 120 Å². The molecule has 0 nitrogen and oxygen atoms in total. The maximum atomic E-state index is 3.15. The maximum absolute atomic E-state index is 3.15. The van der Waals surface area contributed by atoms with Gasteiger partial charge >= 0.3 is 99.2 Å². The van der Waals surface area contributed by atoms with E-state index < -0.39 is 0 Å². The van der Waals surface area contributed by atoms with Gasteiger partial charge in [-0.25, -0.2) is 6.08 Å². The zero-order valence-corrected chi connectivity index (χ0v) is 36.2. The van der Waals surface area contributed by atoms with Gasteiger partial charge in [0, 0.05) is 0 Å². The first-order valence-corrected chi connectivity index (χ1v) is 21.1. The Morgan fingerprint density at radius 3 is 1.26 bits per heavy atom. The Kier molecular flexibility index (Phi) is 10.7. The summed E-state index contributed by atoms with van der Waals surface area (Å²) in [5.41, 5.74) is 12.6. The SMILES string of the molecule is CC1(C)CCC(C)(C)c2cc3c(cc21)[cH-]c1cc2c(cc13)C(C)(C)CCC2(C)C.[C-]1=CC(c2ccccc2)=CC1.[Zr+2]=[C](c1ccccc1)c1ccccc1. The van der Waals surface area contributed by atoms with E-state index in [1.807, 2.05) is 6.07 Å². The summed E-state index contributed by atoms with van der Waals surface area (Å²) in [5, 5.41) is 5.79. The molecule has 6 aromatic rings. The van der Waals surface area contributed by atoms with E-state index in [4.69, 9.17) is 0 Å². The molecule has 9 rings (SSSR count). The number of rotatable bonds is 3. The Bertz CT molecular complexity index is 2210. The molecule has 0 saturated carbocycles. The van der Waals surface area contributed by atoms with E-state index >= 15 is 0 Å². The van der Waals surface area contributed by atoms with Crippen LogP contribution in [0.15, 0.2) is 133 Å². The van der Waals surface area contributed by atoms with E-state index in [-0.39, 0.29) is 21.7 Å². The topological polar surface area (TPSA) is 0 Å². The van der Waals surface area contributed by atoms with Gasteiger partial charge in [0.15, 0.2) is 0 Å². The molecule has 3 aliphatic carbocycles. The molecule has 0 atom stereocenters. The Balaban J connectivity index is 0.000000148. The molecule has 0 bridgehead atoms. The summed E-state index contributed by atoms with van der Waals surface area (Å²) in [6, 6.07) is 44.1. The van der Waals surface area contributed by atoms with Crippen LogP contribution < -0.4 is 0 Å². The zero-order valence-electron chi connectivity index (χ0n) is 33.7. The normalized spacial score (nSPS) is 18.4. The van der Waals surface area contributed by atoms with Crippen molar-refractivity contribution in [2.75, 3.05) is 0 Å². The Morgan fingerprint density at radius 2 is 0.889 bits per heavy atom. The van der Waals surface area contributed by atoms with Crippen LogP contribution in [0, 0.1) is 6.08 Å². The van der Waals surface area contributed by atoms with Crippen LogP contribution in [0.5, 0.6) is 0 Å². The third kappa shape index (κ3) is 7.82. The summed E-state index contributed by atoms with van der Waals surface area (Å²) in [6.07, 6.45) is 13.4. The number of benzene rings is 5. The molecule has 272 valence electrons. The standard InChI is InChI=1S/C29H37.C13H10.C11H9.Zr/c1-26(2)9-11-28(5,6)24-16-20-18(14-22(24)26)13-19-15-23-25(17-21(19)20)29(7,8)12-10-27(23,3)4;1-3-7-12(8-4-1)11-13-9-5-2-6-10-13;1-2-6-10(7-3-1)11-8-4-5-9-11;/h13-17H,9-12H2,1-8H3;1-10H;1-3,6-9H,4H2;/q-1;;-1;+2. The first kappa shape index (κ1) is 38.5. The minimum atomic E-state index is 0.262. The number of fused-ring (bicyclic) bond motifs is 5. The molecule has 0 unspecified atom stereocenters. The third-order valence-electron chi connectivity index (χ3n) is 12.6. The first-order chi connectivity index (χ1) is 25.7. The molecule has 0 heterocycles. The third-order valence-corrected chi connectivity index (χ3v) is 14.0. The van der Waals surface area contributed by atoms with Crippen molar-refractivity contribution in [1.82, 2.24) is 0 Å². The first-order valence-electron chi connectivity index (χ1n) is 19.9. The van der Waals surface area contributed by atoms with Gasteiger partial charge in [-0.15, -0.1) is 51.7 Å². The summed E-state index contributed by atoms with van der Waals surface area (Å²) >= 11 is 1.46. The van der Waals surface area contributed by atoms with Crippen molar-refractivity contribution in [3.8, 4) is 0 Å². The van der Waals surface area contributed by atoms with Crippen LogP contribution in [0.25, 0.3) is 27.1 Å². The van der Waals surface area contributed by atoms with Crippen molar-refractivity contribution in [3.63, 3.8) is 0 Å². The zero-order chi connectivity index (χ0) is 38.3. The summed E-state index contributed by atoms with van der Waals surface area (Å²) < 4.78 is 1.42. The average molecular weight is 784 g/mol. The molecule has 0 spiro atoms. The van der Waals surface area contributed by atoms with Crippen molar-refractivity contribution < 1.29 is 24.2 Å². The van der Waals surface area contributed by atoms with Crippen LogP contribution in [0.1, 0.15) is 126 Å². The second-order valence-corrected chi connectivity index (χ2v) is 19.6. The van der Waals surface area contributed by atoms with Gasteiger partial charge in [0.1, 0.15) is 0 Å². The molecule has 3 aliphatic rings. The second-order valence-electron chi connectivity index (χ2n) is 18.3. The molecule has 6 aromatic carbocycles. The van der Waals surface area contributed by atoms with Gasteiger partial charge in [0.05, 0.1) is 0 Å². The molecule has 0 radical (unpaired) electrons. The molecule has 0 fully saturated rings. The number of allylic oxidation sites excluding steroid dienone is 4. The monoisotopic (exact) mass is 782 g/mol. The van der Waals surface area contributed by atoms with Crippen molar-refractivity contribution >= 4 is 30.3 Å². The molecular formula is C53H56Zr. The second kappa shape index (κ2) is 15.0. The van der Waals surface area contributed by atoms with E-state index in [0.717, 1.165) is 6.42 Å². The average Bonchev–Trinajstić information content (AvgIpc) is 3.84. The molecule has 1 heteroatoms. The van der Waals surface area contributed by atoms with Crippen LogP contribution in [0.4, 0.5) is 0 Å². The molecule has 54 heavy (non-hydrogen) atoms. The Hall–Kier alpha value is -3.80. The van der Waals surface area contributed by atoms with E-state index in [9.17, 15) is 0 Å². The summed E-state index contributed by atoms with van der Waals surface area (Å²) in [6.45, 7) is 19.5. The summed E-state index contributed by atoms with van der Waals surface area (Å²) in [4.78, 5) is 0. The van der Waals surface area contributed by atoms with Crippen LogP contribution in [-0.2, 0) is 45.9 Å². The Morgan fingerprint density at radius 1 is 0.519 bits per heavy atom. The van der Waals surface area contributed by atoms with E-state index in [1.54, 1.807) is 22.3 Å². The van der Waals surface area contributed by atoms with Gasteiger partial charge in [-0.05, 0) is 47.3 Å². The van der Waals surface area contributed by atoms with Gasteiger partial charge in [0.25, 0.3) is 0 Å². The summed E-state index contributed by atoms with van der Waals surface area (Å²) in [5.74, 6) is 0. The van der Waals surface area contributed by atoms with Crippen LogP contribution in [-0.4, -0.2) is 3.21 Å². The molecule has 0 N–H and O–H groups in total. The fourth-order valence-electron chi connectivity index (χ4n) is 8.74. The molecule has 0 aliphatic heterocycles. The van der Waals surface area contributed by atoms with Gasteiger partial charge < -0.3 is 0 Å². The van der Waals surface area contributed by atoms with E-state index in [2.05, 4.69) is 189 Å².